The van der Waals surface area contributed by atoms with E-state index < -0.39 is 6.04 Å². The zero-order chi connectivity index (χ0) is 28.8. The molecule has 2 N–H and O–H groups in total. The van der Waals surface area contributed by atoms with E-state index in [2.05, 4.69) is 19.2 Å². The van der Waals surface area contributed by atoms with Crippen LogP contribution < -0.4 is 5.32 Å². The van der Waals surface area contributed by atoms with Crippen molar-refractivity contribution >= 4 is 11.9 Å². The summed E-state index contributed by atoms with van der Waals surface area (Å²) in [5, 5.41) is 12.5. The van der Waals surface area contributed by atoms with Gasteiger partial charge in [0, 0.05) is 19.3 Å². The maximum Gasteiger partial charge on any atom is 0.306 e. The van der Waals surface area contributed by atoms with Crippen LogP contribution >= 0.6 is 0 Å². The van der Waals surface area contributed by atoms with Gasteiger partial charge in [-0.15, -0.1) is 0 Å². The Morgan fingerprint density at radius 1 is 0.667 bits per heavy atom. The molecule has 1 amide bonds. The van der Waals surface area contributed by atoms with Crippen molar-refractivity contribution in [3.8, 4) is 0 Å². The number of aliphatic hydroxyl groups is 1. The number of unbranched alkanes of at least 4 members (excludes halogenated alkanes) is 18. The molecule has 0 radical (unpaired) electrons. The maximum absolute atomic E-state index is 12.2. The molecule has 0 aliphatic rings. The molecule has 6 heteroatoms. The lowest BCUT2D eigenvalue weighted by Gasteiger charge is -2.18. The number of rotatable bonds is 30. The monoisotopic (exact) mass is 555 g/mol. The Morgan fingerprint density at radius 3 is 1.56 bits per heavy atom. The quantitative estimate of drug-likeness (QED) is 0.0686. The van der Waals surface area contributed by atoms with Crippen LogP contribution in [-0.2, 0) is 19.1 Å². The second-order valence-corrected chi connectivity index (χ2v) is 11.5. The van der Waals surface area contributed by atoms with Crippen LogP contribution in [0.2, 0.25) is 0 Å². The average molecular weight is 556 g/mol. The van der Waals surface area contributed by atoms with Crippen molar-refractivity contribution in [3.05, 3.63) is 0 Å². The minimum Gasteiger partial charge on any atom is -0.463 e. The Balaban J connectivity index is 3.65. The highest BCUT2D eigenvalue weighted by Crippen LogP contribution is 2.13. The van der Waals surface area contributed by atoms with Crippen LogP contribution in [0.3, 0.4) is 0 Å². The number of carbonyl (C=O) groups excluding carboxylic acids is 2. The Bertz CT molecular complexity index is 542. The van der Waals surface area contributed by atoms with Gasteiger partial charge in [0.2, 0.25) is 5.91 Å². The zero-order valence-corrected chi connectivity index (χ0v) is 26.1. The number of ether oxygens (including phenoxy) is 2. The zero-order valence-electron chi connectivity index (χ0n) is 26.1. The molecular weight excluding hydrogens is 490 g/mol. The van der Waals surface area contributed by atoms with Crippen LogP contribution in [0, 0.1) is 0 Å². The molecule has 0 bridgehead atoms. The summed E-state index contributed by atoms with van der Waals surface area (Å²) >= 11 is 0. The summed E-state index contributed by atoms with van der Waals surface area (Å²) in [4.78, 5) is 24.2. The number of hydrogen-bond donors (Lipinski definition) is 2. The number of amides is 1. The lowest BCUT2D eigenvalue weighted by atomic mass is 10.1. The Morgan fingerprint density at radius 2 is 1.10 bits per heavy atom. The van der Waals surface area contributed by atoms with Crippen molar-refractivity contribution in [3.63, 3.8) is 0 Å². The number of esters is 1. The predicted octanol–water partition coefficient (Wildman–Crippen LogP) is 8.42. The minimum atomic E-state index is -0.394. The largest absolute Gasteiger partial charge is 0.463 e. The number of aliphatic hydroxyl groups excluding tert-OH is 1. The van der Waals surface area contributed by atoms with E-state index in [1.807, 2.05) is 6.92 Å². The molecule has 0 fully saturated rings. The molecular formula is C33H65NO5. The van der Waals surface area contributed by atoms with Crippen molar-refractivity contribution in [1.29, 1.82) is 0 Å². The van der Waals surface area contributed by atoms with Crippen molar-refractivity contribution in [2.24, 2.45) is 0 Å². The van der Waals surface area contributed by atoms with E-state index >= 15 is 0 Å². The summed E-state index contributed by atoms with van der Waals surface area (Å²) in [6.45, 7) is 6.92. The van der Waals surface area contributed by atoms with Gasteiger partial charge in [-0.3, -0.25) is 9.59 Å². The van der Waals surface area contributed by atoms with Crippen molar-refractivity contribution < 1.29 is 24.2 Å². The molecule has 0 aliphatic heterocycles. The summed E-state index contributed by atoms with van der Waals surface area (Å²) in [6.07, 6.45) is 26.3. The highest BCUT2D eigenvalue weighted by molar-refractivity contribution is 5.76. The smallest absolute Gasteiger partial charge is 0.306 e. The van der Waals surface area contributed by atoms with E-state index in [1.54, 1.807) is 0 Å². The van der Waals surface area contributed by atoms with Crippen molar-refractivity contribution in [2.45, 2.75) is 181 Å². The lowest BCUT2D eigenvalue weighted by Crippen LogP contribution is -2.41. The topological polar surface area (TPSA) is 84.9 Å². The van der Waals surface area contributed by atoms with Crippen LogP contribution in [0.1, 0.15) is 168 Å². The van der Waals surface area contributed by atoms with E-state index in [9.17, 15) is 14.7 Å². The van der Waals surface area contributed by atoms with Gasteiger partial charge in [0.1, 0.15) is 6.10 Å². The molecule has 0 aromatic rings. The third kappa shape index (κ3) is 28.2. The van der Waals surface area contributed by atoms with E-state index in [-0.39, 0.29) is 31.2 Å². The molecule has 0 saturated carbocycles. The van der Waals surface area contributed by atoms with Gasteiger partial charge in [0.05, 0.1) is 25.9 Å². The third-order valence-corrected chi connectivity index (χ3v) is 7.40. The molecule has 0 rings (SSSR count). The molecule has 232 valence electrons. The van der Waals surface area contributed by atoms with Gasteiger partial charge in [-0.25, -0.2) is 0 Å². The van der Waals surface area contributed by atoms with Crippen molar-refractivity contribution in [1.82, 2.24) is 5.32 Å². The minimum absolute atomic E-state index is 0.0210. The van der Waals surface area contributed by atoms with Gasteiger partial charge in [-0.05, 0) is 19.8 Å². The fourth-order valence-electron chi connectivity index (χ4n) is 4.79. The van der Waals surface area contributed by atoms with Gasteiger partial charge >= 0.3 is 5.97 Å². The molecule has 0 aliphatic carbocycles. The normalized spacial score (nSPS) is 12.8. The second-order valence-electron chi connectivity index (χ2n) is 11.5. The van der Waals surface area contributed by atoms with Crippen LogP contribution in [0.25, 0.3) is 0 Å². The molecule has 0 heterocycles. The summed E-state index contributed by atoms with van der Waals surface area (Å²) in [6, 6.07) is -0.394. The molecule has 39 heavy (non-hydrogen) atoms. The molecule has 0 aromatic carbocycles. The second kappa shape index (κ2) is 29.8. The lowest BCUT2D eigenvalue weighted by molar-refractivity contribution is -0.149. The van der Waals surface area contributed by atoms with Gasteiger partial charge in [-0.2, -0.15) is 0 Å². The molecule has 0 unspecified atom stereocenters. The van der Waals surface area contributed by atoms with Crippen molar-refractivity contribution in [2.75, 3.05) is 19.8 Å². The first-order chi connectivity index (χ1) is 19.0. The van der Waals surface area contributed by atoms with Gasteiger partial charge < -0.3 is 19.9 Å². The maximum atomic E-state index is 12.2. The average Bonchev–Trinajstić information content (AvgIpc) is 2.92. The Hall–Kier alpha value is -1.14. The van der Waals surface area contributed by atoms with E-state index in [4.69, 9.17) is 9.47 Å². The molecule has 0 aromatic heterocycles. The van der Waals surface area contributed by atoms with Crippen LogP contribution in [-0.4, -0.2) is 48.9 Å². The third-order valence-electron chi connectivity index (χ3n) is 7.40. The highest BCUT2D eigenvalue weighted by Gasteiger charge is 2.13. The number of hydrogen-bond acceptors (Lipinski definition) is 5. The Labute approximate surface area is 241 Å². The summed E-state index contributed by atoms with van der Waals surface area (Å²) in [5.74, 6) is -0.152. The Kier molecular flexibility index (Phi) is 29.0. The SMILES string of the molecule is CCCCCCCCCCCCCC(=O)N[C@@H](CO)COCC[C@@H](C)OC(=O)CCCCCCCCCCC. The van der Waals surface area contributed by atoms with Gasteiger partial charge in [-0.1, -0.05) is 129 Å². The van der Waals surface area contributed by atoms with Gasteiger partial charge in [0.25, 0.3) is 0 Å². The fourth-order valence-corrected chi connectivity index (χ4v) is 4.79. The summed E-state index contributed by atoms with van der Waals surface area (Å²) < 4.78 is 11.1. The standard InChI is InChI=1S/C33H65NO5/c1-4-6-8-10-12-14-15-17-18-20-22-24-32(36)34-31(28-35)29-38-27-26-30(3)39-33(37)25-23-21-19-16-13-11-9-7-5-2/h30-31,35H,4-29H2,1-3H3,(H,34,36)/t30-,31+/m1/s1. The first kappa shape index (κ1) is 37.9. The molecule has 0 spiro atoms. The predicted molar refractivity (Wildman–Crippen MR) is 163 cm³/mol. The molecule has 6 nitrogen and oxygen atoms in total. The van der Waals surface area contributed by atoms with Gasteiger partial charge in [0.15, 0.2) is 0 Å². The first-order valence-corrected chi connectivity index (χ1v) is 16.7. The van der Waals surface area contributed by atoms with Crippen LogP contribution in [0.4, 0.5) is 0 Å². The van der Waals surface area contributed by atoms with E-state index in [0.717, 1.165) is 25.7 Å². The summed E-state index contributed by atoms with van der Waals surface area (Å²) in [5.41, 5.74) is 0. The van der Waals surface area contributed by atoms with Crippen LogP contribution in [0.15, 0.2) is 0 Å². The molecule has 2 atom stereocenters. The van der Waals surface area contributed by atoms with E-state index in [1.165, 1.54) is 103 Å². The summed E-state index contributed by atoms with van der Waals surface area (Å²) in [7, 11) is 0. The first-order valence-electron chi connectivity index (χ1n) is 16.7. The fraction of sp³-hybridized carbons (Fsp3) is 0.939. The number of nitrogens with one attached hydrogen (secondary N) is 1. The highest BCUT2D eigenvalue weighted by atomic mass is 16.5. The van der Waals surface area contributed by atoms with Crippen LogP contribution in [0.5, 0.6) is 0 Å². The van der Waals surface area contributed by atoms with E-state index in [0.29, 0.717) is 25.9 Å². The molecule has 0 saturated heterocycles. The number of carbonyl (C=O) groups is 2.